The number of anilines is 1. The molecule has 1 N–H and O–H groups in total. The molecule has 1 aromatic rings. The minimum atomic E-state index is 0.131. The van der Waals surface area contributed by atoms with Crippen molar-refractivity contribution in [2.75, 3.05) is 18.0 Å². The third-order valence-electron chi connectivity index (χ3n) is 3.38. The van der Waals surface area contributed by atoms with E-state index in [-0.39, 0.29) is 6.61 Å². The van der Waals surface area contributed by atoms with Crippen LogP contribution in [0.5, 0.6) is 0 Å². The van der Waals surface area contributed by atoms with E-state index in [1.807, 2.05) is 0 Å². The normalized spacial score (nSPS) is 20.7. The standard InChI is InChI=1S/C12H20N2OS/c1-3-9-5-6-14(7-9)12-13-10(4-2)11(8-15)16-12/h9,15H,3-8H2,1-2H3. The SMILES string of the molecule is CCc1nc(N2CCC(CC)C2)sc1CO. The highest BCUT2D eigenvalue weighted by atomic mass is 32.1. The highest BCUT2D eigenvalue weighted by Crippen LogP contribution is 2.31. The van der Waals surface area contributed by atoms with Crippen LogP contribution in [-0.2, 0) is 13.0 Å². The van der Waals surface area contributed by atoms with Crippen molar-refractivity contribution in [2.24, 2.45) is 5.92 Å². The maximum Gasteiger partial charge on any atom is 0.185 e. The van der Waals surface area contributed by atoms with Crippen LogP contribution < -0.4 is 4.90 Å². The molecule has 0 aromatic carbocycles. The highest BCUT2D eigenvalue weighted by molar-refractivity contribution is 7.15. The van der Waals surface area contributed by atoms with Gasteiger partial charge < -0.3 is 10.0 Å². The van der Waals surface area contributed by atoms with Crippen LogP contribution in [0.4, 0.5) is 5.13 Å². The summed E-state index contributed by atoms with van der Waals surface area (Å²) in [7, 11) is 0. The zero-order chi connectivity index (χ0) is 11.5. The number of hydrogen-bond acceptors (Lipinski definition) is 4. The quantitative estimate of drug-likeness (QED) is 0.878. The molecule has 0 radical (unpaired) electrons. The Morgan fingerprint density at radius 2 is 2.31 bits per heavy atom. The molecule has 90 valence electrons. The Morgan fingerprint density at radius 3 is 2.81 bits per heavy atom. The molecule has 0 amide bonds. The fourth-order valence-electron chi connectivity index (χ4n) is 2.24. The van der Waals surface area contributed by atoms with Crippen molar-refractivity contribution in [1.82, 2.24) is 4.98 Å². The van der Waals surface area contributed by atoms with E-state index in [4.69, 9.17) is 0 Å². The smallest absolute Gasteiger partial charge is 0.185 e. The summed E-state index contributed by atoms with van der Waals surface area (Å²) in [4.78, 5) is 8.05. The minimum Gasteiger partial charge on any atom is -0.391 e. The van der Waals surface area contributed by atoms with Gasteiger partial charge in [-0.05, 0) is 18.8 Å². The van der Waals surface area contributed by atoms with Gasteiger partial charge in [0.15, 0.2) is 5.13 Å². The Kier molecular flexibility index (Phi) is 3.82. The van der Waals surface area contributed by atoms with E-state index in [1.165, 1.54) is 12.8 Å². The number of nitrogens with zero attached hydrogens (tertiary/aromatic N) is 2. The third-order valence-corrected chi connectivity index (χ3v) is 4.52. The van der Waals surface area contributed by atoms with Crippen molar-refractivity contribution in [3.8, 4) is 0 Å². The van der Waals surface area contributed by atoms with Crippen molar-refractivity contribution >= 4 is 16.5 Å². The van der Waals surface area contributed by atoms with E-state index < -0.39 is 0 Å². The molecule has 2 rings (SSSR count). The largest absolute Gasteiger partial charge is 0.391 e. The molecule has 2 heterocycles. The van der Waals surface area contributed by atoms with E-state index >= 15 is 0 Å². The second-order valence-corrected chi connectivity index (χ2v) is 5.45. The Balaban J connectivity index is 2.12. The average molecular weight is 240 g/mol. The van der Waals surface area contributed by atoms with E-state index in [9.17, 15) is 5.11 Å². The number of thiazole rings is 1. The molecular formula is C12H20N2OS. The Hall–Kier alpha value is -0.610. The van der Waals surface area contributed by atoms with Gasteiger partial charge in [-0.15, -0.1) is 0 Å². The number of hydrogen-bond donors (Lipinski definition) is 1. The van der Waals surface area contributed by atoms with E-state index in [0.717, 1.165) is 41.1 Å². The van der Waals surface area contributed by atoms with E-state index in [0.29, 0.717) is 0 Å². The predicted octanol–water partition coefficient (Wildman–Crippen LogP) is 2.43. The highest BCUT2D eigenvalue weighted by Gasteiger charge is 2.24. The van der Waals surface area contributed by atoms with Crippen LogP contribution in [0, 0.1) is 5.92 Å². The summed E-state index contributed by atoms with van der Waals surface area (Å²) in [5.41, 5.74) is 1.07. The summed E-state index contributed by atoms with van der Waals surface area (Å²) in [6, 6.07) is 0. The fourth-order valence-corrected chi connectivity index (χ4v) is 3.29. The lowest BCUT2D eigenvalue weighted by Gasteiger charge is -2.13. The molecule has 1 unspecified atom stereocenters. The first-order valence-corrected chi connectivity index (χ1v) is 6.94. The van der Waals surface area contributed by atoms with Gasteiger partial charge in [-0.1, -0.05) is 31.6 Å². The third kappa shape index (κ3) is 2.23. The molecule has 16 heavy (non-hydrogen) atoms. The van der Waals surface area contributed by atoms with Crippen molar-refractivity contribution in [2.45, 2.75) is 39.7 Å². The summed E-state index contributed by atoms with van der Waals surface area (Å²) in [5, 5.41) is 10.4. The number of aromatic nitrogens is 1. The number of aryl methyl sites for hydroxylation is 1. The maximum absolute atomic E-state index is 9.26. The molecule has 0 saturated carbocycles. The number of aliphatic hydroxyl groups excluding tert-OH is 1. The van der Waals surface area contributed by atoms with Crippen molar-refractivity contribution < 1.29 is 5.11 Å². The van der Waals surface area contributed by atoms with Crippen molar-refractivity contribution in [1.29, 1.82) is 0 Å². The lowest BCUT2D eigenvalue weighted by Crippen LogP contribution is -2.19. The van der Waals surface area contributed by atoms with Crippen LogP contribution >= 0.6 is 11.3 Å². The lowest BCUT2D eigenvalue weighted by molar-refractivity contribution is 0.284. The Labute approximate surface area is 101 Å². The second kappa shape index (κ2) is 5.15. The van der Waals surface area contributed by atoms with Gasteiger partial charge in [-0.3, -0.25) is 0 Å². The molecule has 0 spiro atoms. The maximum atomic E-state index is 9.26. The summed E-state index contributed by atoms with van der Waals surface area (Å²) in [6.07, 6.45) is 3.46. The summed E-state index contributed by atoms with van der Waals surface area (Å²) >= 11 is 1.66. The molecule has 1 atom stereocenters. The van der Waals surface area contributed by atoms with Gasteiger partial charge >= 0.3 is 0 Å². The fraction of sp³-hybridized carbons (Fsp3) is 0.750. The molecule has 1 aliphatic heterocycles. The molecule has 1 aromatic heterocycles. The van der Waals surface area contributed by atoms with Crippen LogP contribution in [0.1, 0.15) is 37.3 Å². The molecule has 4 heteroatoms. The Bertz CT molecular complexity index is 329. The van der Waals surface area contributed by atoms with Gasteiger partial charge in [0.25, 0.3) is 0 Å². The van der Waals surface area contributed by atoms with Crippen LogP contribution in [-0.4, -0.2) is 23.2 Å². The minimum absolute atomic E-state index is 0.131. The molecule has 1 aliphatic rings. The van der Waals surface area contributed by atoms with Gasteiger partial charge in [0, 0.05) is 13.1 Å². The molecular weight excluding hydrogens is 220 g/mol. The van der Waals surface area contributed by atoms with Gasteiger partial charge in [0.2, 0.25) is 0 Å². The second-order valence-electron chi connectivity index (χ2n) is 4.39. The Morgan fingerprint density at radius 1 is 1.50 bits per heavy atom. The first-order chi connectivity index (χ1) is 7.78. The summed E-state index contributed by atoms with van der Waals surface area (Å²) in [5.74, 6) is 0.826. The van der Waals surface area contributed by atoms with Crippen LogP contribution in [0.25, 0.3) is 0 Å². The van der Waals surface area contributed by atoms with Crippen molar-refractivity contribution in [3.05, 3.63) is 10.6 Å². The van der Waals surface area contributed by atoms with Gasteiger partial charge in [-0.25, -0.2) is 4.98 Å². The zero-order valence-corrected chi connectivity index (χ0v) is 10.9. The average Bonchev–Trinajstić information content (AvgIpc) is 2.94. The summed E-state index contributed by atoms with van der Waals surface area (Å²) in [6.45, 7) is 6.74. The molecule has 1 fully saturated rings. The first-order valence-electron chi connectivity index (χ1n) is 6.12. The summed E-state index contributed by atoms with van der Waals surface area (Å²) < 4.78 is 0. The van der Waals surface area contributed by atoms with E-state index in [2.05, 4.69) is 23.7 Å². The molecule has 3 nitrogen and oxygen atoms in total. The molecule has 1 saturated heterocycles. The zero-order valence-electron chi connectivity index (χ0n) is 10.1. The van der Waals surface area contributed by atoms with Gasteiger partial charge in [0.1, 0.15) is 0 Å². The van der Waals surface area contributed by atoms with Crippen LogP contribution in [0.2, 0.25) is 0 Å². The predicted molar refractivity (Wildman–Crippen MR) is 68.0 cm³/mol. The molecule has 0 aliphatic carbocycles. The number of rotatable bonds is 4. The molecule has 0 bridgehead atoms. The van der Waals surface area contributed by atoms with Gasteiger partial charge in [0.05, 0.1) is 17.2 Å². The van der Waals surface area contributed by atoms with Gasteiger partial charge in [-0.2, -0.15) is 0 Å². The first kappa shape index (κ1) is 11.9. The number of aliphatic hydroxyl groups is 1. The topological polar surface area (TPSA) is 36.4 Å². The van der Waals surface area contributed by atoms with E-state index in [1.54, 1.807) is 11.3 Å². The lowest BCUT2D eigenvalue weighted by atomic mass is 10.1. The van der Waals surface area contributed by atoms with Crippen LogP contribution in [0.15, 0.2) is 0 Å². The van der Waals surface area contributed by atoms with Crippen molar-refractivity contribution in [3.63, 3.8) is 0 Å². The van der Waals surface area contributed by atoms with Crippen LogP contribution in [0.3, 0.4) is 0 Å². The monoisotopic (exact) mass is 240 g/mol.